The highest BCUT2D eigenvalue weighted by atomic mass is 32.2. The van der Waals surface area contributed by atoms with E-state index in [9.17, 15) is 8.42 Å². The number of rotatable bonds is 4. The first kappa shape index (κ1) is 19.3. The summed E-state index contributed by atoms with van der Waals surface area (Å²) in [5.41, 5.74) is 2.17. The summed E-state index contributed by atoms with van der Waals surface area (Å²) < 4.78 is 42.5. The predicted molar refractivity (Wildman–Crippen MR) is 113 cm³/mol. The van der Waals surface area contributed by atoms with Gasteiger partial charge in [0.25, 0.3) is 0 Å². The van der Waals surface area contributed by atoms with Gasteiger partial charge in [0, 0.05) is 24.1 Å². The minimum absolute atomic E-state index is 0.256. The fourth-order valence-corrected chi connectivity index (χ4v) is 3.94. The highest BCUT2D eigenvalue weighted by molar-refractivity contribution is 7.90. The van der Waals surface area contributed by atoms with Crippen molar-refractivity contribution in [2.75, 3.05) is 26.6 Å². The SMILES string of the molecule is COc1ccc2c(c1)nc(-c1ccc3c(c1)OCCO3)n2-c1ccnc(S(C)(=O)=O)n1. The van der Waals surface area contributed by atoms with Gasteiger partial charge >= 0.3 is 0 Å². The Bertz CT molecular complexity index is 1410. The van der Waals surface area contributed by atoms with Gasteiger partial charge in [-0.2, -0.15) is 0 Å². The molecule has 0 radical (unpaired) electrons. The van der Waals surface area contributed by atoms with E-state index in [1.54, 1.807) is 17.7 Å². The van der Waals surface area contributed by atoms with Crippen LogP contribution in [0.5, 0.6) is 17.2 Å². The Kier molecular flexibility index (Phi) is 4.51. The molecule has 5 rings (SSSR count). The Morgan fingerprint density at radius 3 is 2.58 bits per heavy atom. The average Bonchev–Trinajstić information content (AvgIpc) is 3.17. The number of methoxy groups -OCH3 is 1. The Hall–Kier alpha value is -3.66. The lowest BCUT2D eigenvalue weighted by Gasteiger charge is -2.19. The average molecular weight is 438 g/mol. The summed E-state index contributed by atoms with van der Waals surface area (Å²) in [5, 5.41) is -0.256. The Morgan fingerprint density at radius 2 is 1.81 bits per heavy atom. The van der Waals surface area contributed by atoms with E-state index in [2.05, 4.69) is 9.97 Å². The lowest BCUT2D eigenvalue weighted by atomic mass is 10.2. The molecule has 4 aromatic rings. The van der Waals surface area contributed by atoms with Gasteiger partial charge in [0.1, 0.15) is 30.6 Å². The van der Waals surface area contributed by atoms with Crippen LogP contribution in [0.15, 0.2) is 53.8 Å². The Morgan fingerprint density at radius 1 is 1.00 bits per heavy atom. The largest absolute Gasteiger partial charge is 0.497 e. The number of sulfone groups is 1. The zero-order chi connectivity index (χ0) is 21.6. The molecule has 0 aliphatic carbocycles. The molecular weight excluding hydrogens is 420 g/mol. The van der Waals surface area contributed by atoms with Crippen molar-refractivity contribution in [3.05, 3.63) is 48.7 Å². The predicted octanol–water partition coefficient (Wildman–Crippen LogP) is 2.67. The lowest BCUT2D eigenvalue weighted by molar-refractivity contribution is 0.171. The molecule has 0 unspecified atom stereocenters. The van der Waals surface area contributed by atoms with Gasteiger partial charge in [0.15, 0.2) is 11.5 Å². The molecule has 1 aliphatic rings. The fourth-order valence-electron chi connectivity index (χ4n) is 3.43. The number of imidazole rings is 1. The molecule has 0 bridgehead atoms. The smallest absolute Gasteiger partial charge is 0.248 e. The molecule has 10 heteroatoms. The van der Waals surface area contributed by atoms with E-state index in [-0.39, 0.29) is 5.16 Å². The molecule has 0 saturated heterocycles. The van der Waals surface area contributed by atoms with Crippen LogP contribution in [-0.2, 0) is 9.84 Å². The second-order valence-electron chi connectivity index (χ2n) is 6.95. The molecule has 0 spiro atoms. The maximum absolute atomic E-state index is 12.0. The van der Waals surface area contributed by atoms with Crippen LogP contribution in [0.1, 0.15) is 0 Å². The van der Waals surface area contributed by atoms with Gasteiger partial charge in [-0.1, -0.05) is 0 Å². The normalized spacial score (nSPS) is 13.4. The number of benzene rings is 2. The summed E-state index contributed by atoms with van der Waals surface area (Å²) in [7, 11) is -2.00. The minimum Gasteiger partial charge on any atom is -0.497 e. The van der Waals surface area contributed by atoms with Crippen molar-refractivity contribution in [1.82, 2.24) is 19.5 Å². The van der Waals surface area contributed by atoms with Crippen molar-refractivity contribution in [3.8, 4) is 34.5 Å². The van der Waals surface area contributed by atoms with Gasteiger partial charge in [-0.05, 0) is 36.4 Å². The van der Waals surface area contributed by atoms with E-state index in [0.717, 1.165) is 17.3 Å². The standard InChI is InChI=1S/C21H18N4O5S/c1-28-14-4-5-16-15(12-14)23-20(13-3-6-17-18(11-13)30-10-9-29-17)25(16)19-7-8-22-21(24-19)31(2,26)27/h3-8,11-12H,9-10H2,1-2H3. The second-order valence-corrected chi connectivity index (χ2v) is 8.86. The molecule has 0 atom stereocenters. The number of hydrogen-bond acceptors (Lipinski definition) is 8. The van der Waals surface area contributed by atoms with Crippen LogP contribution in [0.4, 0.5) is 0 Å². The van der Waals surface area contributed by atoms with Crippen LogP contribution in [0.25, 0.3) is 28.2 Å². The van der Waals surface area contributed by atoms with Gasteiger partial charge < -0.3 is 14.2 Å². The molecule has 0 amide bonds. The van der Waals surface area contributed by atoms with Gasteiger partial charge in [0.2, 0.25) is 15.0 Å². The molecule has 158 valence electrons. The van der Waals surface area contributed by atoms with Crippen LogP contribution < -0.4 is 14.2 Å². The highest BCUT2D eigenvalue weighted by Crippen LogP contribution is 2.36. The van der Waals surface area contributed by atoms with Crippen LogP contribution >= 0.6 is 0 Å². The molecular formula is C21H18N4O5S. The van der Waals surface area contributed by atoms with E-state index < -0.39 is 9.84 Å². The molecule has 0 saturated carbocycles. The maximum Gasteiger partial charge on any atom is 0.248 e. The van der Waals surface area contributed by atoms with E-state index in [4.69, 9.17) is 19.2 Å². The maximum atomic E-state index is 12.0. The first-order chi connectivity index (χ1) is 14.9. The van der Waals surface area contributed by atoms with Crippen molar-refractivity contribution in [3.63, 3.8) is 0 Å². The van der Waals surface area contributed by atoms with Crippen molar-refractivity contribution in [2.24, 2.45) is 0 Å². The molecule has 1 aliphatic heterocycles. The fraction of sp³-hybridized carbons (Fsp3) is 0.190. The first-order valence-corrected chi connectivity index (χ1v) is 11.3. The van der Waals surface area contributed by atoms with E-state index in [1.165, 1.54) is 6.20 Å². The highest BCUT2D eigenvalue weighted by Gasteiger charge is 2.20. The topological polar surface area (TPSA) is 105 Å². The third-order valence-corrected chi connectivity index (χ3v) is 5.70. The second kappa shape index (κ2) is 7.24. The quantitative estimate of drug-likeness (QED) is 0.448. The minimum atomic E-state index is -3.58. The van der Waals surface area contributed by atoms with Crippen LogP contribution in [0.2, 0.25) is 0 Å². The van der Waals surface area contributed by atoms with Crippen molar-refractivity contribution < 1.29 is 22.6 Å². The van der Waals surface area contributed by atoms with Gasteiger partial charge in [-0.25, -0.2) is 23.4 Å². The number of fused-ring (bicyclic) bond motifs is 2. The van der Waals surface area contributed by atoms with Crippen LogP contribution in [-0.4, -0.2) is 54.5 Å². The summed E-state index contributed by atoms with van der Waals surface area (Å²) >= 11 is 0. The lowest BCUT2D eigenvalue weighted by Crippen LogP contribution is -2.15. The number of hydrogen-bond donors (Lipinski definition) is 0. The molecule has 0 fully saturated rings. The zero-order valence-electron chi connectivity index (χ0n) is 16.8. The zero-order valence-corrected chi connectivity index (χ0v) is 17.6. The summed E-state index contributed by atoms with van der Waals surface area (Å²) in [6.45, 7) is 0.966. The van der Waals surface area contributed by atoms with Crippen molar-refractivity contribution >= 4 is 20.9 Å². The van der Waals surface area contributed by atoms with Gasteiger partial charge in [0.05, 0.1) is 18.1 Å². The summed E-state index contributed by atoms with van der Waals surface area (Å²) in [4.78, 5) is 13.0. The van der Waals surface area contributed by atoms with Crippen molar-refractivity contribution in [2.45, 2.75) is 5.16 Å². The van der Waals surface area contributed by atoms with Gasteiger partial charge in [-0.15, -0.1) is 0 Å². The molecule has 0 N–H and O–H groups in total. The Labute approximate surface area is 178 Å². The third kappa shape index (κ3) is 3.44. The van der Waals surface area contributed by atoms with Gasteiger partial charge in [-0.3, -0.25) is 4.57 Å². The molecule has 2 aromatic heterocycles. The molecule has 31 heavy (non-hydrogen) atoms. The van der Waals surface area contributed by atoms with Crippen LogP contribution in [0, 0.1) is 0 Å². The number of nitrogens with zero attached hydrogens (tertiary/aromatic N) is 4. The number of ether oxygens (including phenoxy) is 3. The third-order valence-electron chi connectivity index (χ3n) is 4.84. The molecule has 9 nitrogen and oxygen atoms in total. The summed E-state index contributed by atoms with van der Waals surface area (Å²) in [6.07, 6.45) is 2.49. The monoisotopic (exact) mass is 438 g/mol. The molecule has 2 aromatic carbocycles. The van der Waals surface area contributed by atoms with Crippen LogP contribution in [0.3, 0.4) is 0 Å². The molecule has 3 heterocycles. The first-order valence-electron chi connectivity index (χ1n) is 9.44. The van der Waals surface area contributed by atoms with Crippen molar-refractivity contribution in [1.29, 1.82) is 0 Å². The number of aromatic nitrogens is 4. The Balaban J connectivity index is 1.77. The van der Waals surface area contributed by atoms with E-state index in [1.807, 2.05) is 36.4 Å². The summed E-state index contributed by atoms with van der Waals surface area (Å²) in [6, 6.07) is 12.7. The summed E-state index contributed by atoms with van der Waals surface area (Å²) in [5.74, 6) is 2.90. The van der Waals surface area contributed by atoms with E-state index >= 15 is 0 Å². The van der Waals surface area contributed by atoms with E-state index in [0.29, 0.717) is 47.6 Å².